The second-order valence-corrected chi connectivity index (χ2v) is 3.57. The maximum atomic E-state index is 2.37. The summed E-state index contributed by atoms with van der Waals surface area (Å²) in [6.07, 6.45) is 9.76. The van der Waals surface area contributed by atoms with Gasteiger partial charge < -0.3 is 0 Å². The molecule has 0 N–H and O–H groups in total. The number of nitrogens with zero attached hydrogens (tertiary/aromatic N) is 2. The van der Waals surface area contributed by atoms with Crippen molar-refractivity contribution in [3.63, 3.8) is 0 Å². The van der Waals surface area contributed by atoms with Gasteiger partial charge >= 0.3 is 6.67 Å². The average molecular weight is 168 g/mol. The van der Waals surface area contributed by atoms with Gasteiger partial charge in [-0.2, -0.15) is 9.15 Å². The van der Waals surface area contributed by atoms with Crippen molar-refractivity contribution in [2.24, 2.45) is 0 Å². The number of unbranched alkanes of at least 4 members (excludes halogenated alkanes) is 3. The van der Waals surface area contributed by atoms with E-state index in [1.165, 1.54) is 32.2 Å². The van der Waals surface area contributed by atoms with Crippen LogP contribution >= 0.6 is 0 Å². The second-order valence-electron chi connectivity index (χ2n) is 3.57. The number of hydrogen-bond acceptors (Lipinski definition) is 0. The molecule has 0 bridgehead atoms. The molecule has 12 heavy (non-hydrogen) atoms. The minimum Gasteiger partial charge on any atom is -0.176 e. The fourth-order valence-electron chi connectivity index (χ4n) is 1.48. The molecule has 0 atom stereocenters. The van der Waals surface area contributed by atoms with Gasteiger partial charge in [0.05, 0.1) is 0 Å². The highest BCUT2D eigenvalue weighted by Gasteiger charge is 2.14. The summed E-state index contributed by atoms with van der Waals surface area (Å²) in [5.74, 6) is 0. The van der Waals surface area contributed by atoms with Crippen molar-refractivity contribution in [3.8, 4) is 0 Å². The minimum atomic E-state index is 1.08. The van der Waals surface area contributed by atoms with Gasteiger partial charge in [0.25, 0.3) is 0 Å². The zero-order valence-corrected chi connectivity index (χ0v) is 8.29. The van der Waals surface area contributed by atoms with Crippen molar-refractivity contribution in [3.05, 3.63) is 0 Å². The predicted octanol–water partition coefficient (Wildman–Crippen LogP) is 1.33. The Kier molecular flexibility index (Phi) is 3.98. The van der Waals surface area contributed by atoms with Crippen LogP contribution in [0.3, 0.4) is 0 Å². The van der Waals surface area contributed by atoms with Gasteiger partial charge in [-0.3, -0.25) is 0 Å². The first-order chi connectivity index (χ1) is 5.83. The molecule has 0 aromatic carbocycles. The Bertz CT molecular complexity index is 192. The molecule has 1 aliphatic rings. The van der Waals surface area contributed by atoms with Gasteiger partial charge in [-0.15, -0.1) is 0 Å². The SMILES string of the molecule is CCCCCC[N+]1=CC=[N+](C)C1. The van der Waals surface area contributed by atoms with E-state index in [1.54, 1.807) is 0 Å². The Hall–Kier alpha value is -0.660. The average Bonchev–Trinajstić information content (AvgIpc) is 2.45. The van der Waals surface area contributed by atoms with Gasteiger partial charge in [0.15, 0.2) is 0 Å². The monoisotopic (exact) mass is 168 g/mol. The third-order valence-electron chi connectivity index (χ3n) is 2.24. The van der Waals surface area contributed by atoms with Crippen LogP contribution in [0.15, 0.2) is 0 Å². The normalized spacial score (nSPS) is 16.2. The molecule has 68 valence electrons. The summed E-state index contributed by atoms with van der Waals surface area (Å²) < 4.78 is 4.58. The fourth-order valence-corrected chi connectivity index (χ4v) is 1.48. The van der Waals surface area contributed by atoms with Crippen molar-refractivity contribution in [2.75, 3.05) is 20.3 Å². The fraction of sp³-hybridized carbons (Fsp3) is 0.800. The van der Waals surface area contributed by atoms with E-state index in [0.717, 1.165) is 6.67 Å². The number of rotatable bonds is 5. The lowest BCUT2D eigenvalue weighted by atomic mass is 10.2. The Balaban J connectivity index is 2.03. The lowest BCUT2D eigenvalue weighted by Crippen LogP contribution is -2.16. The van der Waals surface area contributed by atoms with Crippen LogP contribution in [0.4, 0.5) is 0 Å². The van der Waals surface area contributed by atoms with Gasteiger partial charge in [0, 0.05) is 6.42 Å². The quantitative estimate of drug-likeness (QED) is 0.431. The molecule has 2 nitrogen and oxygen atoms in total. The van der Waals surface area contributed by atoms with Crippen LogP contribution in [-0.2, 0) is 0 Å². The highest BCUT2D eigenvalue weighted by molar-refractivity contribution is 6.11. The van der Waals surface area contributed by atoms with Gasteiger partial charge in [0.1, 0.15) is 13.6 Å². The van der Waals surface area contributed by atoms with Crippen LogP contribution in [0.25, 0.3) is 0 Å². The molecule has 0 amide bonds. The van der Waals surface area contributed by atoms with Gasteiger partial charge in [-0.1, -0.05) is 19.8 Å². The summed E-state index contributed by atoms with van der Waals surface area (Å²) in [6, 6.07) is 0. The summed E-state index contributed by atoms with van der Waals surface area (Å²) in [6.45, 7) is 4.55. The third-order valence-corrected chi connectivity index (χ3v) is 2.24. The summed E-state index contributed by atoms with van der Waals surface area (Å²) in [7, 11) is 2.11. The van der Waals surface area contributed by atoms with E-state index in [-0.39, 0.29) is 0 Å². The largest absolute Gasteiger partial charge is 0.334 e. The summed E-state index contributed by atoms with van der Waals surface area (Å²) in [4.78, 5) is 0. The molecule has 1 rings (SSSR count). The van der Waals surface area contributed by atoms with E-state index in [1.807, 2.05) is 0 Å². The van der Waals surface area contributed by atoms with Crippen LogP contribution in [0.1, 0.15) is 32.6 Å². The summed E-state index contributed by atoms with van der Waals surface area (Å²) >= 11 is 0. The van der Waals surface area contributed by atoms with Crippen molar-refractivity contribution >= 4 is 12.4 Å². The van der Waals surface area contributed by atoms with E-state index >= 15 is 0 Å². The molecule has 0 radical (unpaired) electrons. The maximum Gasteiger partial charge on any atom is 0.334 e. The molecule has 0 aromatic heterocycles. The van der Waals surface area contributed by atoms with E-state index in [9.17, 15) is 0 Å². The first kappa shape index (κ1) is 9.43. The molecule has 1 aliphatic heterocycles. The summed E-state index contributed by atoms with van der Waals surface area (Å²) in [5, 5.41) is 0. The molecular weight excluding hydrogens is 148 g/mol. The van der Waals surface area contributed by atoms with Crippen LogP contribution < -0.4 is 0 Å². The van der Waals surface area contributed by atoms with Gasteiger partial charge in [-0.25, -0.2) is 0 Å². The molecule has 0 aliphatic carbocycles. The summed E-state index contributed by atoms with van der Waals surface area (Å²) in [5.41, 5.74) is 0. The first-order valence-electron chi connectivity index (χ1n) is 4.95. The Labute approximate surface area is 75.2 Å². The van der Waals surface area contributed by atoms with Gasteiger partial charge in [0.2, 0.25) is 12.4 Å². The molecule has 0 spiro atoms. The Morgan fingerprint density at radius 1 is 1.17 bits per heavy atom. The van der Waals surface area contributed by atoms with E-state index < -0.39 is 0 Å². The standard InChI is InChI=1S/C10H20N2/c1-3-4-5-6-7-12-9-8-11(2)10-12/h8-9H,3-7,10H2,1-2H3/q+2. The van der Waals surface area contributed by atoms with E-state index in [2.05, 4.69) is 35.6 Å². The molecule has 2 heteroatoms. The van der Waals surface area contributed by atoms with Crippen LogP contribution in [0, 0.1) is 0 Å². The topological polar surface area (TPSA) is 6.02 Å². The molecule has 0 aromatic rings. The molecular formula is C10H20N2+2. The molecule has 0 saturated heterocycles. The van der Waals surface area contributed by atoms with Crippen LogP contribution in [0.2, 0.25) is 0 Å². The van der Waals surface area contributed by atoms with Crippen LogP contribution in [0.5, 0.6) is 0 Å². The van der Waals surface area contributed by atoms with Crippen molar-refractivity contribution in [1.82, 2.24) is 0 Å². The maximum absolute atomic E-state index is 2.37. The molecule has 0 fully saturated rings. The Morgan fingerprint density at radius 3 is 2.58 bits per heavy atom. The molecule has 0 unspecified atom stereocenters. The van der Waals surface area contributed by atoms with Crippen LogP contribution in [-0.4, -0.2) is 41.8 Å². The zero-order chi connectivity index (χ0) is 8.81. The highest BCUT2D eigenvalue weighted by Crippen LogP contribution is 1.98. The van der Waals surface area contributed by atoms with E-state index in [0.29, 0.717) is 0 Å². The Morgan fingerprint density at radius 2 is 2.00 bits per heavy atom. The first-order valence-corrected chi connectivity index (χ1v) is 4.95. The predicted molar refractivity (Wildman–Crippen MR) is 52.4 cm³/mol. The van der Waals surface area contributed by atoms with Gasteiger partial charge in [-0.05, 0) is 6.42 Å². The lowest BCUT2D eigenvalue weighted by molar-refractivity contribution is -0.699. The zero-order valence-electron chi connectivity index (χ0n) is 8.29. The molecule has 0 saturated carbocycles. The van der Waals surface area contributed by atoms with Crippen molar-refractivity contribution in [2.45, 2.75) is 32.6 Å². The smallest absolute Gasteiger partial charge is 0.176 e. The third kappa shape index (κ3) is 3.16. The molecule has 1 heterocycles. The number of hydrogen-bond donors (Lipinski definition) is 0. The second kappa shape index (κ2) is 5.07. The highest BCUT2D eigenvalue weighted by atomic mass is 15.2. The van der Waals surface area contributed by atoms with Crippen molar-refractivity contribution < 1.29 is 9.15 Å². The minimum absolute atomic E-state index is 1.08. The lowest BCUT2D eigenvalue weighted by Gasteiger charge is -1.95. The van der Waals surface area contributed by atoms with E-state index in [4.69, 9.17) is 0 Å². The van der Waals surface area contributed by atoms with Crippen molar-refractivity contribution in [1.29, 1.82) is 0 Å².